The van der Waals surface area contributed by atoms with Gasteiger partial charge in [-0.05, 0) is 85.3 Å². The molecule has 0 aliphatic rings. The van der Waals surface area contributed by atoms with Gasteiger partial charge in [0, 0.05) is 18.7 Å². The Bertz CT molecular complexity index is 1700. The van der Waals surface area contributed by atoms with Crippen molar-refractivity contribution in [1.82, 2.24) is 10.2 Å². The number of phenolic OH excluding ortho intramolecular Hbond substituents is 1. The Morgan fingerprint density at radius 2 is 1.42 bits per heavy atom. The van der Waals surface area contributed by atoms with Gasteiger partial charge in [-0.25, -0.2) is 4.79 Å². The maximum atomic E-state index is 14.9. The van der Waals surface area contributed by atoms with Crippen LogP contribution in [-0.2, 0) is 27.2 Å². The first-order valence-corrected chi connectivity index (χ1v) is 17.9. The quantitative estimate of drug-likeness (QED) is 0.102. The fraction of sp³-hybridized carbons (Fsp3) is 0.405. The van der Waals surface area contributed by atoms with Crippen molar-refractivity contribution >= 4 is 34.4 Å². The number of phenols is 1. The smallest absolute Gasteiger partial charge is 0.408 e. The van der Waals surface area contributed by atoms with Crippen LogP contribution in [-0.4, -0.2) is 46.1 Å². The third-order valence-corrected chi connectivity index (χ3v) is 8.68. The number of nitrogens with zero attached hydrogens (tertiary/aromatic N) is 1. The van der Waals surface area contributed by atoms with Gasteiger partial charge >= 0.3 is 6.09 Å². The van der Waals surface area contributed by atoms with Crippen LogP contribution in [0.3, 0.4) is 0 Å². The molecule has 266 valence electrons. The molecule has 4 rings (SSSR count). The van der Waals surface area contributed by atoms with E-state index in [1.54, 1.807) is 49.9 Å². The first kappa shape index (κ1) is 38.0. The topological polar surface area (TPSA) is 108 Å². The van der Waals surface area contributed by atoms with Crippen LogP contribution in [0.4, 0.5) is 10.5 Å². The van der Waals surface area contributed by atoms with Crippen LogP contribution in [0.5, 0.6) is 5.75 Å². The summed E-state index contributed by atoms with van der Waals surface area (Å²) in [5, 5.41) is 17.9. The minimum Gasteiger partial charge on any atom is -0.508 e. The monoisotopic (exact) mass is 679 g/mol. The number of benzene rings is 4. The van der Waals surface area contributed by atoms with Crippen LogP contribution >= 0.6 is 0 Å². The summed E-state index contributed by atoms with van der Waals surface area (Å²) < 4.78 is 5.58. The lowest BCUT2D eigenvalue weighted by Crippen LogP contribution is -2.53. The van der Waals surface area contributed by atoms with Crippen molar-refractivity contribution in [1.29, 1.82) is 0 Å². The number of hydrogen-bond donors (Lipinski definition) is 3. The van der Waals surface area contributed by atoms with Gasteiger partial charge in [-0.15, -0.1) is 0 Å². The molecule has 3 N–H and O–H groups in total. The van der Waals surface area contributed by atoms with E-state index in [1.807, 2.05) is 66.7 Å². The molecule has 0 heterocycles. The number of hydrogen-bond acceptors (Lipinski definition) is 5. The van der Waals surface area contributed by atoms with E-state index in [1.165, 1.54) is 0 Å². The SMILES string of the molecule is CCCCCCCCN(C(=O)C(Cc1ccc(O)cc1)NC(=O)OC(C)(C)C)C(C(=O)Nc1ccc2ccccc2c1)c1ccc(CC)cc1. The maximum absolute atomic E-state index is 14.9. The number of anilines is 1. The van der Waals surface area contributed by atoms with Crippen LogP contribution in [0, 0.1) is 0 Å². The van der Waals surface area contributed by atoms with Crippen LogP contribution in [0.25, 0.3) is 10.8 Å². The minimum absolute atomic E-state index is 0.0994. The molecule has 0 saturated carbocycles. The lowest BCUT2D eigenvalue weighted by Gasteiger charge is -2.35. The molecule has 0 aliphatic heterocycles. The van der Waals surface area contributed by atoms with Gasteiger partial charge < -0.3 is 25.4 Å². The van der Waals surface area contributed by atoms with Crippen molar-refractivity contribution in [3.05, 3.63) is 108 Å². The highest BCUT2D eigenvalue weighted by atomic mass is 16.6. The molecule has 3 amide bonds. The van der Waals surface area contributed by atoms with E-state index in [0.717, 1.165) is 60.4 Å². The molecule has 0 fully saturated rings. The predicted octanol–water partition coefficient (Wildman–Crippen LogP) is 9.11. The Hall–Kier alpha value is -4.85. The number of amides is 3. The lowest BCUT2D eigenvalue weighted by molar-refractivity contribution is -0.140. The molecule has 50 heavy (non-hydrogen) atoms. The van der Waals surface area contributed by atoms with E-state index in [0.29, 0.717) is 24.2 Å². The van der Waals surface area contributed by atoms with Crippen LogP contribution in [0.15, 0.2) is 91.0 Å². The van der Waals surface area contributed by atoms with Crippen LogP contribution < -0.4 is 10.6 Å². The van der Waals surface area contributed by atoms with Crippen molar-refractivity contribution in [2.75, 3.05) is 11.9 Å². The number of unbranched alkanes of at least 4 members (excludes halogenated alkanes) is 5. The molecule has 4 aromatic carbocycles. The molecule has 2 atom stereocenters. The molecule has 0 radical (unpaired) electrons. The van der Waals surface area contributed by atoms with Gasteiger partial charge in [0.25, 0.3) is 5.91 Å². The highest BCUT2D eigenvalue weighted by Gasteiger charge is 2.36. The highest BCUT2D eigenvalue weighted by Crippen LogP contribution is 2.28. The number of fused-ring (bicyclic) bond motifs is 1. The van der Waals surface area contributed by atoms with Crippen molar-refractivity contribution in [2.45, 2.75) is 104 Å². The number of ether oxygens (including phenoxy) is 1. The van der Waals surface area contributed by atoms with Gasteiger partial charge in [0.05, 0.1) is 0 Å². The minimum atomic E-state index is -1.04. The van der Waals surface area contributed by atoms with E-state index in [-0.39, 0.29) is 18.1 Å². The van der Waals surface area contributed by atoms with Gasteiger partial charge in [0.2, 0.25) is 5.91 Å². The second kappa shape index (κ2) is 18.2. The summed E-state index contributed by atoms with van der Waals surface area (Å²) in [5.74, 6) is -0.636. The Balaban J connectivity index is 1.75. The average Bonchev–Trinajstić information content (AvgIpc) is 3.09. The Kier molecular flexibility index (Phi) is 13.8. The number of carbonyl (C=O) groups is 3. The fourth-order valence-corrected chi connectivity index (χ4v) is 6.03. The molecule has 0 spiro atoms. The number of aryl methyl sites for hydroxylation is 1. The van der Waals surface area contributed by atoms with E-state index in [2.05, 4.69) is 24.5 Å². The van der Waals surface area contributed by atoms with E-state index >= 15 is 0 Å². The highest BCUT2D eigenvalue weighted by molar-refractivity contribution is 6.00. The van der Waals surface area contributed by atoms with Crippen molar-refractivity contribution in [2.24, 2.45) is 0 Å². The number of aromatic hydroxyl groups is 1. The van der Waals surface area contributed by atoms with E-state index in [9.17, 15) is 19.5 Å². The summed E-state index contributed by atoms with van der Waals surface area (Å²) in [4.78, 5) is 44.2. The standard InChI is InChI=1S/C42H53N3O5/c1-6-8-9-10-11-14-27-45(40(48)37(44-41(49)50-42(3,4)5)28-31-19-25-36(46)26-20-31)38(33-21-17-30(7-2)18-22-33)39(47)43-35-24-23-32-15-12-13-16-34(32)29-35/h12-13,15-26,29,37-38,46H,6-11,14,27-28H2,1-5H3,(H,43,47)(H,44,49). The molecule has 4 aromatic rings. The van der Waals surface area contributed by atoms with Crippen molar-refractivity contribution in [3.8, 4) is 5.75 Å². The third-order valence-electron chi connectivity index (χ3n) is 8.68. The molecular weight excluding hydrogens is 626 g/mol. The Labute approximate surface area is 297 Å². The molecule has 0 saturated heterocycles. The molecule has 0 aromatic heterocycles. The number of rotatable bonds is 16. The number of alkyl carbamates (subject to hydrolysis) is 1. The molecule has 8 heteroatoms. The fourth-order valence-electron chi connectivity index (χ4n) is 6.03. The van der Waals surface area contributed by atoms with Gasteiger partial charge in [-0.2, -0.15) is 0 Å². The lowest BCUT2D eigenvalue weighted by atomic mass is 9.98. The molecular formula is C42H53N3O5. The Morgan fingerprint density at radius 3 is 2.08 bits per heavy atom. The summed E-state index contributed by atoms with van der Waals surface area (Å²) in [5.41, 5.74) is 2.38. The Morgan fingerprint density at radius 1 is 0.780 bits per heavy atom. The zero-order chi connectivity index (χ0) is 36.1. The normalized spacial score (nSPS) is 12.6. The van der Waals surface area contributed by atoms with E-state index in [4.69, 9.17) is 4.74 Å². The summed E-state index contributed by atoms with van der Waals surface area (Å²) >= 11 is 0. The average molecular weight is 680 g/mol. The van der Waals surface area contributed by atoms with Gasteiger partial charge in [-0.1, -0.05) is 113 Å². The maximum Gasteiger partial charge on any atom is 0.408 e. The van der Waals surface area contributed by atoms with Gasteiger partial charge in [-0.3, -0.25) is 9.59 Å². The van der Waals surface area contributed by atoms with Crippen LogP contribution in [0.2, 0.25) is 0 Å². The van der Waals surface area contributed by atoms with Crippen molar-refractivity contribution < 1.29 is 24.2 Å². The zero-order valence-electron chi connectivity index (χ0n) is 30.2. The van der Waals surface area contributed by atoms with Gasteiger partial charge in [0.15, 0.2) is 0 Å². The second-order valence-electron chi connectivity index (χ2n) is 13.9. The number of carbonyl (C=O) groups excluding carboxylic acids is 3. The predicted molar refractivity (Wildman–Crippen MR) is 201 cm³/mol. The number of nitrogens with one attached hydrogen (secondary N) is 2. The van der Waals surface area contributed by atoms with Crippen LogP contribution in [0.1, 0.15) is 95.9 Å². The summed E-state index contributed by atoms with van der Waals surface area (Å²) in [7, 11) is 0. The molecule has 0 aliphatic carbocycles. The van der Waals surface area contributed by atoms with Gasteiger partial charge in [0.1, 0.15) is 23.4 Å². The first-order valence-electron chi connectivity index (χ1n) is 17.9. The van der Waals surface area contributed by atoms with Crippen molar-refractivity contribution in [3.63, 3.8) is 0 Å². The molecule has 8 nitrogen and oxygen atoms in total. The molecule has 2 unspecified atom stereocenters. The zero-order valence-corrected chi connectivity index (χ0v) is 30.2. The summed E-state index contributed by atoms with van der Waals surface area (Å²) in [6.07, 6.45) is 6.27. The summed E-state index contributed by atoms with van der Waals surface area (Å²) in [6, 6.07) is 26.1. The third kappa shape index (κ3) is 11.4. The second-order valence-corrected chi connectivity index (χ2v) is 13.9. The van der Waals surface area contributed by atoms with E-state index < -0.39 is 29.7 Å². The molecule has 0 bridgehead atoms. The largest absolute Gasteiger partial charge is 0.508 e. The summed E-state index contributed by atoms with van der Waals surface area (Å²) in [6.45, 7) is 9.86. The first-order chi connectivity index (χ1) is 24.0.